The molecule has 0 atom stereocenters. The van der Waals surface area contributed by atoms with Gasteiger partial charge in [0.25, 0.3) is 0 Å². The van der Waals surface area contributed by atoms with Crippen molar-refractivity contribution in [2.75, 3.05) is 11.5 Å². The second-order valence-corrected chi connectivity index (χ2v) is 7.28. The Hall–Kier alpha value is -1.27. The van der Waals surface area contributed by atoms with E-state index >= 15 is 0 Å². The Morgan fingerprint density at radius 1 is 1.19 bits per heavy atom. The number of pyridine rings is 1. The minimum atomic E-state index is 0.410. The first-order chi connectivity index (χ1) is 10.0. The van der Waals surface area contributed by atoms with E-state index in [0.29, 0.717) is 17.6 Å². The van der Waals surface area contributed by atoms with Crippen molar-refractivity contribution in [3.63, 3.8) is 0 Å². The van der Waals surface area contributed by atoms with Crippen LogP contribution >= 0.6 is 23.5 Å². The minimum Gasteiger partial charge on any atom is -0.383 e. The zero-order chi connectivity index (χ0) is 15.4. The molecule has 112 valence electrons. The van der Waals surface area contributed by atoms with Crippen molar-refractivity contribution < 1.29 is 0 Å². The number of rotatable bonds is 5. The number of anilines is 1. The molecule has 0 aliphatic carbocycles. The van der Waals surface area contributed by atoms with E-state index in [4.69, 9.17) is 5.73 Å². The fraction of sp³-hybridized carbons (Fsp3) is 0.400. The number of aromatic nitrogens is 3. The molecule has 0 aromatic carbocycles. The van der Waals surface area contributed by atoms with Crippen molar-refractivity contribution in [2.24, 2.45) is 0 Å². The normalized spacial score (nSPS) is 11.1. The van der Waals surface area contributed by atoms with Gasteiger partial charge in [-0.05, 0) is 30.2 Å². The summed E-state index contributed by atoms with van der Waals surface area (Å²) in [6, 6.07) is 2.13. The van der Waals surface area contributed by atoms with E-state index in [9.17, 15) is 0 Å². The summed E-state index contributed by atoms with van der Waals surface area (Å²) in [7, 11) is 0. The van der Waals surface area contributed by atoms with Crippen LogP contribution in [-0.2, 0) is 0 Å². The lowest BCUT2D eigenvalue weighted by Gasteiger charge is -2.13. The summed E-state index contributed by atoms with van der Waals surface area (Å²) in [4.78, 5) is 15.0. The third-order valence-corrected chi connectivity index (χ3v) is 4.82. The lowest BCUT2D eigenvalue weighted by atomic mass is 10.1. The molecular weight excluding hydrogens is 300 g/mol. The van der Waals surface area contributed by atoms with Crippen LogP contribution in [0.2, 0.25) is 0 Å². The molecule has 0 spiro atoms. The second-order valence-electron chi connectivity index (χ2n) is 4.92. The highest BCUT2D eigenvalue weighted by molar-refractivity contribution is 8.00. The molecule has 0 unspecified atom stereocenters. The van der Waals surface area contributed by atoms with Gasteiger partial charge in [0.2, 0.25) is 0 Å². The van der Waals surface area contributed by atoms with E-state index < -0.39 is 0 Å². The van der Waals surface area contributed by atoms with Crippen molar-refractivity contribution in [1.29, 1.82) is 0 Å². The molecule has 2 aromatic heterocycles. The monoisotopic (exact) mass is 320 g/mol. The zero-order valence-corrected chi connectivity index (χ0v) is 14.4. The average molecular weight is 320 g/mol. The molecule has 0 radical (unpaired) electrons. The first kappa shape index (κ1) is 16.1. The Labute approximate surface area is 134 Å². The molecule has 0 saturated heterocycles. The molecule has 0 saturated carbocycles. The molecule has 4 nitrogen and oxygen atoms in total. The highest BCUT2D eigenvalue weighted by atomic mass is 32.2. The highest BCUT2D eigenvalue weighted by Crippen LogP contribution is 2.37. The number of nitrogen functional groups attached to an aromatic ring is 1. The van der Waals surface area contributed by atoms with Crippen LogP contribution in [0, 0.1) is 6.92 Å². The first-order valence-electron chi connectivity index (χ1n) is 6.91. The summed E-state index contributed by atoms with van der Waals surface area (Å²) in [6.45, 7) is 8.31. The maximum absolute atomic E-state index is 6.00. The predicted molar refractivity (Wildman–Crippen MR) is 90.0 cm³/mol. The quantitative estimate of drug-likeness (QED) is 0.835. The smallest absolute Gasteiger partial charge is 0.141 e. The Kier molecular flexibility index (Phi) is 5.47. The topological polar surface area (TPSA) is 64.7 Å². The summed E-state index contributed by atoms with van der Waals surface area (Å²) in [6.07, 6.45) is 3.76. The molecule has 0 bridgehead atoms. The van der Waals surface area contributed by atoms with Gasteiger partial charge in [-0.2, -0.15) is 0 Å². The summed E-state index contributed by atoms with van der Waals surface area (Å²) in [5, 5.41) is 1.04. The molecule has 2 rings (SSSR count). The maximum atomic E-state index is 6.00. The Morgan fingerprint density at radius 2 is 1.95 bits per heavy atom. The summed E-state index contributed by atoms with van der Waals surface area (Å²) < 4.78 is 0. The van der Waals surface area contributed by atoms with Crippen LogP contribution in [0.3, 0.4) is 0 Å². The van der Waals surface area contributed by atoms with Crippen LogP contribution in [0.15, 0.2) is 33.3 Å². The molecule has 0 fully saturated rings. The standard InChI is InChI=1S/C15H20N4S2/c1-5-20-14-6-12(11(7-18-14)9(2)3)21-13-8-17-10(4)19-15(13)16/h6-9H,5H2,1-4H3,(H2,16,17,19). The van der Waals surface area contributed by atoms with Crippen molar-refractivity contribution >= 4 is 29.3 Å². The molecule has 0 amide bonds. The average Bonchev–Trinajstić information content (AvgIpc) is 2.42. The Balaban J connectivity index is 2.38. The molecular formula is C15H20N4S2. The maximum Gasteiger partial charge on any atom is 0.141 e. The second kappa shape index (κ2) is 7.13. The van der Waals surface area contributed by atoms with Crippen LogP contribution in [0.1, 0.15) is 38.1 Å². The fourth-order valence-electron chi connectivity index (χ4n) is 1.85. The molecule has 2 heterocycles. The molecule has 2 aromatic rings. The van der Waals surface area contributed by atoms with Gasteiger partial charge in [-0.3, -0.25) is 0 Å². The third kappa shape index (κ3) is 4.11. The number of thioether (sulfide) groups is 1. The Bertz CT molecular complexity index is 629. The molecule has 0 aliphatic rings. The summed E-state index contributed by atoms with van der Waals surface area (Å²) in [5.74, 6) is 2.64. The van der Waals surface area contributed by atoms with Gasteiger partial charge in [0, 0.05) is 17.3 Å². The van der Waals surface area contributed by atoms with Crippen LogP contribution in [-0.4, -0.2) is 20.7 Å². The number of nitrogens with two attached hydrogens (primary N) is 1. The van der Waals surface area contributed by atoms with Gasteiger partial charge in [0.1, 0.15) is 11.6 Å². The van der Waals surface area contributed by atoms with Crippen molar-refractivity contribution in [3.8, 4) is 0 Å². The van der Waals surface area contributed by atoms with Gasteiger partial charge >= 0.3 is 0 Å². The van der Waals surface area contributed by atoms with Crippen LogP contribution < -0.4 is 5.73 Å². The molecule has 0 aliphatic heterocycles. The van der Waals surface area contributed by atoms with Crippen LogP contribution in [0.5, 0.6) is 0 Å². The van der Waals surface area contributed by atoms with Crippen molar-refractivity contribution in [2.45, 2.75) is 48.4 Å². The zero-order valence-electron chi connectivity index (χ0n) is 12.8. The van der Waals surface area contributed by atoms with Gasteiger partial charge in [-0.15, -0.1) is 11.8 Å². The number of nitrogens with zero attached hydrogens (tertiary/aromatic N) is 3. The van der Waals surface area contributed by atoms with Crippen LogP contribution in [0.25, 0.3) is 0 Å². The predicted octanol–water partition coefficient (Wildman–Crippen LogP) is 4.15. The van der Waals surface area contributed by atoms with Gasteiger partial charge in [-0.1, -0.05) is 32.5 Å². The number of hydrogen-bond donors (Lipinski definition) is 1. The van der Waals surface area contributed by atoms with E-state index in [1.54, 1.807) is 29.7 Å². The first-order valence-corrected chi connectivity index (χ1v) is 8.71. The van der Waals surface area contributed by atoms with Gasteiger partial charge in [-0.25, -0.2) is 15.0 Å². The van der Waals surface area contributed by atoms with Gasteiger partial charge in [0.05, 0.1) is 9.92 Å². The van der Waals surface area contributed by atoms with E-state index in [2.05, 4.69) is 41.8 Å². The van der Waals surface area contributed by atoms with E-state index in [1.807, 2.05) is 13.1 Å². The van der Waals surface area contributed by atoms with Gasteiger partial charge < -0.3 is 5.73 Å². The fourth-order valence-corrected chi connectivity index (χ4v) is 3.62. The number of hydrogen-bond acceptors (Lipinski definition) is 6. The molecule has 6 heteroatoms. The minimum absolute atomic E-state index is 0.410. The SMILES string of the molecule is CCSc1cc(Sc2cnc(C)nc2N)c(C(C)C)cn1. The number of aryl methyl sites for hydroxylation is 1. The summed E-state index contributed by atoms with van der Waals surface area (Å²) >= 11 is 3.35. The molecule has 21 heavy (non-hydrogen) atoms. The van der Waals surface area contributed by atoms with Crippen molar-refractivity contribution in [1.82, 2.24) is 15.0 Å². The Morgan fingerprint density at radius 3 is 2.57 bits per heavy atom. The van der Waals surface area contributed by atoms with E-state index in [0.717, 1.165) is 15.7 Å². The summed E-state index contributed by atoms with van der Waals surface area (Å²) in [5.41, 5.74) is 7.22. The van der Waals surface area contributed by atoms with E-state index in [1.165, 1.54) is 10.5 Å². The largest absolute Gasteiger partial charge is 0.383 e. The lowest BCUT2D eigenvalue weighted by molar-refractivity contribution is 0.821. The molecule has 2 N–H and O–H groups in total. The lowest BCUT2D eigenvalue weighted by Crippen LogP contribution is -1.99. The van der Waals surface area contributed by atoms with E-state index in [-0.39, 0.29) is 0 Å². The third-order valence-electron chi connectivity index (χ3n) is 2.91. The van der Waals surface area contributed by atoms with Crippen molar-refractivity contribution in [3.05, 3.63) is 29.8 Å². The van der Waals surface area contributed by atoms with Crippen LogP contribution in [0.4, 0.5) is 5.82 Å². The van der Waals surface area contributed by atoms with Gasteiger partial charge in [0.15, 0.2) is 0 Å². The highest BCUT2D eigenvalue weighted by Gasteiger charge is 2.13.